The molecule has 0 saturated heterocycles. The van der Waals surface area contributed by atoms with Gasteiger partial charge in [0, 0.05) is 10.0 Å². The first-order valence-electron chi connectivity index (χ1n) is 9.42. The van der Waals surface area contributed by atoms with Crippen molar-refractivity contribution in [2.45, 2.75) is 18.9 Å². The van der Waals surface area contributed by atoms with Gasteiger partial charge in [0.15, 0.2) is 11.5 Å². The number of hydrazone groups is 1. The van der Waals surface area contributed by atoms with Crippen LogP contribution in [0.3, 0.4) is 0 Å². The minimum atomic E-state index is 0.0462. The Bertz CT molecular complexity index is 994. The summed E-state index contributed by atoms with van der Waals surface area (Å²) in [6.07, 6.45) is 0. The number of nitrogens with one attached hydrogen (secondary N) is 1. The van der Waals surface area contributed by atoms with Crippen molar-refractivity contribution >= 4 is 32.7 Å². The number of ether oxygens (including phenoxy) is 2. The lowest BCUT2D eigenvalue weighted by molar-refractivity contribution is 0.269. The van der Waals surface area contributed by atoms with Crippen molar-refractivity contribution in [2.24, 2.45) is 5.10 Å². The van der Waals surface area contributed by atoms with Crippen LogP contribution in [-0.4, -0.2) is 11.7 Å². The van der Waals surface area contributed by atoms with Crippen molar-refractivity contribution in [3.63, 3.8) is 0 Å². The summed E-state index contributed by atoms with van der Waals surface area (Å²) >= 11 is 5.15. The van der Waals surface area contributed by atoms with Crippen molar-refractivity contribution < 1.29 is 9.47 Å². The van der Waals surface area contributed by atoms with E-state index in [1.165, 1.54) is 0 Å². The molecule has 0 fully saturated rings. The molecular weight excluding hydrogens is 448 g/mol. The van der Waals surface area contributed by atoms with Gasteiger partial charge in [-0.3, -0.25) is 5.43 Å². The van der Waals surface area contributed by atoms with Gasteiger partial charge in [0.1, 0.15) is 17.0 Å². The van der Waals surface area contributed by atoms with Gasteiger partial charge < -0.3 is 9.47 Å². The van der Waals surface area contributed by atoms with E-state index in [4.69, 9.17) is 9.47 Å². The lowest BCUT2D eigenvalue weighted by Gasteiger charge is -2.16. The smallest absolute Gasteiger partial charge is 0.161 e. The topological polar surface area (TPSA) is 42.8 Å². The van der Waals surface area contributed by atoms with E-state index in [2.05, 4.69) is 44.7 Å². The summed E-state index contributed by atoms with van der Waals surface area (Å²) in [5.74, 6) is 1.49. The van der Waals surface area contributed by atoms with Crippen LogP contribution in [0.2, 0.25) is 0 Å². The normalized spacial score (nSPS) is 15.5. The molecule has 0 aromatic heterocycles. The van der Waals surface area contributed by atoms with Gasteiger partial charge in [-0.25, -0.2) is 0 Å². The van der Waals surface area contributed by atoms with Crippen LogP contribution in [0.4, 0.5) is 0 Å². The molecule has 148 valence electrons. The third-order valence-electron chi connectivity index (χ3n) is 4.41. The van der Waals surface area contributed by atoms with Crippen molar-refractivity contribution in [1.82, 2.24) is 5.43 Å². The van der Waals surface area contributed by atoms with E-state index < -0.39 is 0 Å². The molecule has 3 aromatic rings. The summed E-state index contributed by atoms with van der Waals surface area (Å²) in [5.41, 5.74) is 6.55. The molecule has 1 atom stereocenters. The summed E-state index contributed by atoms with van der Waals surface area (Å²) in [5, 5.41) is 5.53. The zero-order valence-corrected chi connectivity index (χ0v) is 18.4. The molecule has 3 aromatic carbocycles. The molecule has 0 amide bonds. The van der Waals surface area contributed by atoms with Crippen LogP contribution >= 0.6 is 27.7 Å². The second kappa shape index (κ2) is 9.37. The molecule has 0 unspecified atom stereocenters. The summed E-state index contributed by atoms with van der Waals surface area (Å²) < 4.78 is 12.9. The molecule has 1 aliphatic rings. The molecule has 0 radical (unpaired) electrons. The first-order chi connectivity index (χ1) is 14.2. The van der Waals surface area contributed by atoms with Crippen LogP contribution < -0.4 is 14.9 Å². The lowest BCUT2D eigenvalue weighted by atomic mass is 10.2. The molecule has 4 nitrogen and oxygen atoms in total. The highest BCUT2D eigenvalue weighted by Gasteiger charge is 2.23. The Morgan fingerprint density at radius 2 is 1.76 bits per heavy atom. The second-order valence-corrected chi connectivity index (χ2v) is 8.47. The Labute approximate surface area is 183 Å². The fourth-order valence-electron chi connectivity index (χ4n) is 2.95. The van der Waals surface area contributed by atoms with Gasteiger partial charge >= 0.3 is 0 Å². The van der Waals surface area contributed by atoms with Crippen molar-refractivity contribution in [3.05, 3.63) is 94.0 Å². The summed E-state index contributed by atoms with van der Waals surface area (Å²) in [4.78, 5) is 0. The van der Waals surface area contributed by atoms with E-state index >= 15 is 0 Å². The summed E-state index contributed by atoms with van der Waals surface area (Å²) in [6.45, 7) is 3.05. The van der Waals surface area contributed by atoms with Gasteiger partial charge in [-0.15, -0.1) is 0 Å². The summed E-state index contributed by atoms with van der Waals surface area (Å²) in [7, 11) is 0. The third kappa shape index (κ3) is 4.95. The Morgan fingerprint density at radius 1 is 0.966 bits per heavy atom. The summed E-state index contributed by atoms with van der Waals surface area (Å²) in [6, 6.07) is 24.4. The van der Waals surface area contributed by atoms with E-state index in [0.29, 0.717) is 13.2 Å². The molecule has 0 bridgehead atoms. The van der Waals surface area contributed by atoms with Crippen molar-refractivity contribution in [2.75, 3.05) is 6.61 Å². The van der Waals surface area contributed by atoms with E-state index in [1.54, 1.807) is 11.8 Å². The molecule has 1 heterocycles. The van der Waals surface area contributed by atoms with Crippen molar-refractivity contribution in [1.29, 1.82) is 0 Å². The highest BCUT2D eigenvalue weighted by atomic mass is 79.9. The Hall–Kier alpha value is -2.44. The fourth-order valence-corrected chi connectivity index (χ4v) is 4.21. The van der Waals surface area contributed by atoms with E-state index in [0.717, 1.165) is 37.7 Å². The number of thioether (sulfide) groups is 1. The number of nitrogens with zero attached hydrogens (tertiary/aromatic N) is 1. The maximum Gasteiger partial charge on any atom is 0.161 e. The van der Waals surface area contributed by atoms with E-state index in [-0.39, 0.29) is 5.37 Å². The SMILES string of the molecule is CCOc1cc([C@@H]2NN=C(c3ccccc3)S2)ccc1OCc1ccc(Br)cc1. The van der Waals surface area contributed by atoms with Gasteiger partial charge in [-0.2, -0.15) is 5.10 Å². The third-order valence-corrected chi connectivity index (χ3v) is 6.10. The molecular formula is C23H21BrN2O2S. The van der Waals surface area contributed by atoms with Gasteiger partial charge in [-0.1, -0.05) is 76.2 Å². The van der Waals surface area contributed by atoms with Crippen molar-refractivity contribution in [3.8, 4) is 11.5 Å². The average molecular weight is 469 g/mol. The van der Waals surface area contributed by atoms with Crippen LogP contribution in [0.1, 0.15) is 29.0 Å². The van der Waals surface area contributed by atoms with Gasteiger partial charge in [-0.05, 0) is 42.3 Å². The Balaban J connectivity index is 1.47. The van der Waals surface area contributed by atoms with E-state index in [9.17, 15) is 0 Å². The maximum absolute atomic E-state index is 6.03. The van der Waals surface area contributed by atoms with Gasteiger partial charge in [0.05, 0.1) is 6.61 Å². The van der Waals surface area contributed by atoms with Gasteiger partial charge in [0.2, 0.25) is 0 Å². The molecule has 6 heteroatoms. The molecule has 29 heavy (non-hydrogen) atoms. The first kappa shape index (κ1) is 19.9. The predicted octanol–water partition coefficient (Wildman–Crippen LogP) is 6.12. The van der Waals surface area contributed by atoms with Crippen LogP contribution in [-0.2, 0) is 6.61 Å². The van der Waals surface area contributed by atoms with Gasteiger partial charge in [0.25, 0.3) is 0 Å². The zero-order valence-electron chi connectivity index (χ0n) is 16.0. The lowest BCUT2D eigenvalue weighted by Crippen LogP contribution is -2.07. The molecule has 0 saturated carbocycles. The minimum Gasteiger partial charge on any atom is -0.490 e. The number of hydrogen-bond donors (Lipinski definition) is 1. The molecule has 0 spiro atoms. The number of hydrogen-bond acceptors (Lipinski definition) is 5. The Kier molecular flexibility index (Phi) is 6.42. The number of benzene rings is 3. The average Bonchev–Trinajstić information content (AvgIpc) is 3.25. The largest absolute Gasteiger partial charge is 0.490 e. The predicted molar refractivity (Wildman–Crippen MR) is 123 cm³/mol. The van der Waals surface area contributed by atoms with Crippen LogP contribution in [0.25, 0.3) is 0 Å². The maximum atomic E-state index is 6.03. The second-order valence-electron chi connectivity index (χ2n) is 6.46. The number of halogens is 1. The quantitative estimate of drug-likeness (QED) is 0.453. The van der Waals surface area contributed by atoms with Crippen LogP contribution in [0, 0.1) is 0 Å². The monoisotopic (exact) mass is 468 g/mol. The first-order valence-corrected chi connectivity index (χ1v) is 11.1. The minimum absolute atomic E-state index is 0.0462. The Morgan fingerprint density at radius 3 is 2.52 bits per heavy atom. The highest BCUT2D eigenvalue weighted by molar-refractivity contribution is 9.10. The standard InChI is InChI=1S/C23H21BrN2O2S/c1-2-27-21-14-18(23-26-25-22(29-23)17-6-4-3-5-7-17)10-13-20(21)28-15-16-8-11-19(24)12-9-16/h3-14,23,26H,2,15H2,1H3/t23-/m1/s1. The van der Waals surface area contributed by atoms with Crippen LogP contribution in [0.15, 0.2) is 82.4 Å². The highest BCUT2D eigenvalue weighted by Crippen LogP contribution is 2.38. The molecule has 0 aliphatic carbocycles. The zero-order chi connectivity index (χ0) is 20.1. The molecule has 1 N–H and O–H groups in total. The number of rotatable bonds is 7. The van der Waals surface area contributed by atoms with Crippen LogP contribution in [0.5, 0.6) is 11.5 Å². The molecule has 4 rings (SSSR count). The fraction of sp³-hybridized carbons (Fsp3) is 0.174. The molecule has 1 aliphatic heterocycles. The van der Waals surface area contributed by atoms with E-state index in [1.807, 2.05) is 61.5 Å².